The van der Waals surface area contributed by atoms with Crippen LogP contribution in [-0.2, 0) is 0 Å². The third-order valence-electron chi connectivity index (χ3n) is 2.12. The Balaban J connectivity index is 4.39. The molecule has 0 radical (unpaired) electrons. The molecule has 0 saturated heterocycles. The number of rotatable bonds is 5. The molecule has 2 N–H and O–H groups in total. The molecule has 0 aliphatic rings. The van der Waals surface area contributed by atoms with Crippen LogP contribution < -0.4 is 5.73 Å². The molecule has 0 atom stereocenters. The minimum atomic E-state index is 0.749. The van der Waals surface area contributed by atoms with Gasteiger partial charge in [0.2, 0.25) is 0 Å². The van der Waals surface area contributed by atoms with Gasteiger partial charge in [0.05, 0.1) is 0 Å². The van der Waals surface area contributed by atoms with Crippen molar-refractivity contribution < 1.29 is 0 Å². The van der Waals surface area contributed by atoms with Gasteiger partial charge in [0.1, 0.15) is 0 Å². The second-order valence-corrected chi connectivity index (χ2v) is 3.50. The van der Waals surface area contributed by atoms with E-state index < -0.39 is 0 Å². The molecule has 0 bridgehead atoms. The fraction of sp³-hybridized carbons (Fsp3) is 0.500. The van der Waals surface area contributed by atoms with Crippen molar-refractivity contribution in [2.75, 3.05) is 6.54 Å². The van der Waals surface area contributed by atoms with E-state index in [1.54, 1.807) is 0 Å². The Morgan fingerprint density at radius 2 is 1.92 bits per heavy atom. The van der Waals surface area contributed by atoms with Crippen LogP contribution in [0.1, 0.15) is 33.6 Å². The molecule has 0 aromatic heterocycles. The van der Waals surface area contributed by atoms with Crippen molar-refractivity contribution in [3.63, 3.8) is 0 Å². The monoisotopic (exact) mass is 179 g/mol. The van der Waals surface area contributed by atoms with Crippen molar-refractivity contribution in [2.24, 2.45) is 5.73 Å². The lowest BCUT2D eigenvalue weighted by molar-refractivity contribution is 0.835. The summed E-state index contributed by atoms with van der Waals surface area (Å²) in [6.07, 6.45) is 6.18. The normalized spacial score (nSPS) is 11.2. The zero-order valence-corrected chi connectivity index (χ0v) is 9.06. The van der Waals surface area contributed by atoms with Crippen LogP contribution in [0.4, 0.5) is 0 Å². The van der Waals surface area contributed by atoms with Crippen molar-refractivity contribution >= 4 is 0 Å². The first-order valence-corrected chi connectivity index (χ1v) is 4.79. The molecular formula is C12H21N. The molecule has 0 fully saturated rings. The minimum absolute atomic E-state index is 0.749. The van der Waals surface area contributed by atoms with Gasteiger partial charge in [-0.2, -0.15) is 0 Å². The van der Waals surface area contributed by atoms with Crippen LogP contribution in [0, 0.1) is 0 Å². The molecule has 13 heavy (non-hydrogen) atoms. The molecule has 0 aromatic rings. The van der Waals surface area contributed by atoms with Crippen molar-refractivity contribution in [3.05, 3.63) is 35.5 Å². The molecule has 0 heterocycles. The summed E-state index contributed by atoms with van der Waals surface area (Å²) in [7, 11) is 0. The third-order valence-corrected chi connectivity index (χ3v) is 2.12. The molecule has 0 saturated carbocycles. The van der Waals surface area contributed by atoms with Gasteiger partial charge in [-0.05, 0) is 45.7 Å². The van der Waals surface area contributed by atoms with E-state index in [-0.39, 0.29) is 0 Å². The molecular weight excluding hydrogens is 158 g/mol. The highest BCUT2D eigenvalue weighted by atomic mass is 14.5. The van der Waals surface area contributed by atoms with E-state index in [0.717, 1.165) is 19.4 Å². The standard InChI is InChI=1S/C12H21N/c1-5-12(7-6-8-13)9-11(4)10(2)3/h5,9H,1,6-8,13H2,2-4H3/b12-9+. The lowest BCUT2D eigenvalue weighted by Gasteiger charge is -2.02. The Morgan fingerprint density at radius 3 is 2.31 bits per heavy atom. The Hall–Kier alpha value is -0.820. The molecule has 0 rings (SSSR count). The molecule has 0 aromatic carbocycles. The van der Waals surface area contributed by atoms with Gasteiger partial charge in [-0.3, -0.25) is 0 Å². The fourth-order valence-corrected chi connectivity index (χ4v) is 0.962. The molecule has 1 heteroatoms. The molecule has 0 unspecified atom stereocenters. The van der Waals surface area contributed by atoms with Crippen LogP contribution in [0.2, 0.25) is 0 Å². The predicted molar refractivity (Wildman–Crippen MR) is 60.6 cm³/mol. The Morgan fingerprint density at radius 1 is 1.31 bits per heavy atom. The van der Waals surface area contributed by atoms with Gasteiger partial charge in [-0.15, -0.1) is 0 Å². The highest BCUT2D eigenvalue weighted by molar-refractivity contribution is 5.30. The summed E-state index contributed by atoms with van der Waals surface area (Å²) >= 11 is 0. The maximum absolute atomic E-state index is 5.45. The second-order valence-electron chi connectivity index (χ2n) is 3.50. The topological polar surface area (TPSA) is 26.0 Å². The number of nitrogens with two attached hydrogens (primary N) is 1. The molecule has 0 aliphatic carbocycles. The predicted octanol–water partition coefficient (Wildman–Crippen LogP) is 3.19. The largest absolute Gasteiger partial charge is 0.330 e. The maximum atomic E-state index is 5.45. The van der Waals surface area contributed by atoms with E-state index in [1.165, 1.54) is 16.7 Å². The van der Waals surface area contributed by atoms with E-state index in [0.29, 0.717) is 0 Å². The zero-order chi connectivity index (χ0) is 10.3. The number of hydrogen-bond acceptors (Lipinski definition) is 1. The summed E-state index contributed by atoms with van der Waals surface area (Å²) in [5.74, 6) is 0. The van der Waals surface area contributed by atoms with Gasteiger partial charge >= 0.3 is 0 Å². The lowest BCUT2D eigenvalue weighted by atomic mass is 10.0. The van der Waals surface area contributed by atoms with Gasteiger partial charge in [-0.1, -0.05) is 29.9 Å². The van der Waals surface area contributed by atoms with Crippen LogP contribution in [0.15, 0.2) is 35.5 Å². The van der Waals surface area contributed by atoms with Gasteiger partial charge in [0, 0.05) is 0 Å². The van der Waals surface area contributed by atoms with Gasteiger partial charge in [0.25, 0.3) is 0 Å². The van der Waals surface area contributed by atoms with E-state index in [2.05, 4.69) is 33.4 Å². The summed E-state index contributed by atoms with van der Waals surface area (Å²) in [6.45, 7) is 10.9. The first kappa shape index (κ1) is 12.2. The van der Waals surface area contributed by atoms with E-state index in [4.69, 9.17) is 5.73 Å². The first-order chi connectivity index (χ1) is 6.11. The number of hydrogen-bond donors (Lipinski definition) is 1. The maximum Gasteiger partial charge on any atom is -0.00741 e. The fourth-order valence-electron chi connectivity index (χ4n) is 0.962. The molecule has 74 valence electrons. The van der Waals surface area contributed by atoms with Crippen LogP contribution in [0.25, 0.3) is 0 Å². The first-order valence-electron chi connectivity index (χ1n) is 4.79. The smallest absolute Gasteiger partial charge is 0.00741 e. The van der Waals surface area contributed by atoms with Crippen molar-refractivity contribution in [2.45, 2.75) is 33.6 Å². The summed E-state index contributed by atoms with van der Waals surface area (Å²) in [6, 6.07) is 0. The summed E-state index contributed by atoms with van der Waals surface area (Å²) in [4.78, 5) is 0. The van der Waals surface area contributed by atoms with Crippen molar-refractivity contribution in [1.29, 1.82) is 0 Å². The average Bonchev–Trinajstić information content (AvgIpc) is 2.11. The highest BCUT2D eigenvalue weighted by Gasteiger charge is 1.93. The van der Waals surface area contributed by atoms with Gasteiger partial charge in [-0.25, -0.2) is 0 Å². The van der Waals surface area contributed by atoms with Crippen molar-refractivity contribution in [3.8, 4) is 0 Å². The number of allylic oxidation sites excluding steroid dienone is 5. The Kier molecular flexibility index (Phi) is 6.25. The molecule has 1 nitrogen and oxygen atoms in total. The SMILES string of the molecule is C=C/C(=C\C(C)=C(C)C)CCCN. The minimum Gasteiger partial charge on any atom is -0.330 e. The van der Waals surface area contributed by atoms with E-state index in [9.17, 15) is 0 Å². The molecule has 0 spiro atoms. The molecule has 0 amide bonds. The lowest BCUT2D eigenvalue weighted by Crippen LogP contribution is -1.98. The van der Waals surface area contributed by atoms with Crippen molar-refractivity contribution in [1.82, 2.24) is 0 Å². The summed E-state index contributed by atoms with van der Waals surface area (Å²) in [5, 5.41) is 0. The van der Waals surface area contributed by atoms with E-state index >= 15 is 0 Å². The average molecular weight is 179 g/mol. The molecule has 0 aliphatic heterocycles. The van der Waals surface area contributed by atoms with Crippen LogP contribution >= 0.6 is 0 Å². The van der Waals surface area contributed by atoms with Gasteiger partial charge in [0.15, 0.2) is 0 Å². The summed E-state index contributed by atoms with van der Waals surface area (Å²) < 4.78 is 0. The van der Waals surface area contributed by atoms with Crippen LogP contribution in [-0.4, -0.2) is 6.54 Å². The summed E-state index contributed by atoms with van der Waals surface area (Å²) in [5.41, 5.74) is 9.41. The van der Waals surface area contributed by atoms with E-state index in [1.807, 2.05) is 6.08 Å². The highest BCUT2D eigenvalue weighted by Crippen LogP contribution is 2.12. The van der Waals surface area contributed by atoms with Crippen LogP contribution in [0.3, 0.4) is 0 Å². The second kappa shape index (κ2) is 6.67. The zero-order valence-electron chi connectivity index (χ0n) is 9.06. The van der Waals surface area contributed by atoms with Crippen LogP contribution in [0.5, 0.6) is 0 Å². The Bertz CT molecular complexity index is 217. The Labute approximate surface area is 82.0 Å². The quantitative estimate of drug-likeness (QED) is 0.644. The third kappa shape index (κ3) is 5.42. The van der Waals surface area contributed by atoms with Gasteiger partial charge < -0.3 is 5.73 Å².